The van der Waals surface area contributed by atoms with Crippen LogP contribution in [-0.2, 0) is 0 Å². The van der Waals surface area contributed by atoms with Crippen LogP contribution in [0.15, 0.2) is 12.3 Å². The molecule has 1 rings (SSSR count). The fourth-order valence-corrected chi connectivity index (χ4v) is 0.959. The van der Waals surface area contributed by atoms with Crippen LogP contribution < -0.4 is 5.73 Å². The van der Waals surface area contributed by atoms with E-state index < -0.39 is 0 Å². The van der Waals surface area contributed by atoms with Crippen molar-refractivity contribution < 1.29 is 0 Å². The van der Waals surface area contributed by atoms with Crippen LogP contribution in [0.25, 0.3) is 0 Å². The lowest BCUT2D eigenvalue weighted by Gasteiger charge is -1.97. The Morgan fingerprint density at radius 1 is 1.62 bits per heavy atom. The van der Waals surface area contributed by atoms with Crippen LogP contribution in [0.1, 0.15) is 12.0 Å². The zero-order valence-electron chi connectivity index (χ0n) is 6.71. The summed E-state index contributed by atoms with van der Waals surface area (Å²) < 4.78 is 0. The predicted octanol–water partition coefficient (Wildman–Crippen LogP) is 1.58. The molecule has 3 nitrogen and oxygen atoms in total. The minimum Gasteiger partial charge on any atom is -0.398 e. The molecule has 0 saturated carbocycles. The van der Waals surface area contributed by atoms with Crippen LogP contribution in [0, 0.1) is 23.2 Å². The molecule has 0 atom stereocenters. The smallest absolute Gasteiger partial charge is 0.146 e. The van der Waals surface area contributed by atoms with Gasteiger partial charge in [0.1, 0.15) is 5.15 Å². The second kappa shape index (κ2) is 4.35. The Morgan fingerprint density at radius 3 is 3.00 bits per heavy atom. The standard InChI is InChI=1S/C9H6ClN3/c10-9-7(3-1-2-5-11)8(12)4-6-13-9/h4,6H,2H2,(H2,12,13). The van der Waals surface area contributed by atoms with Gasteiger partial charge < -0.3 is 5.73 Å². The van der Waals surface area contributed by atoms with Gasteiger partial charge in [0.05, 0.1) is 23.7 Å². The Hall–Kier alpha value is -1.71. The topological polar surface area (TPSA) is 62.7 Å². The van der Waals surface area contributed by atoms with E-state index in [-0.39, 0.29) is 11.6 Å². The van der Waals surface area contributed by atoms with E-state index in [1.165, 1.54) is 6.20 Å². The van der Waals surface area contributed by atoms with Crippen molar-refractivity contribution in [2.75, 3.05) is 5.73 Å². The first-order valence-corrected chi connectivity index (χ1v) is 3.89. The summed E-state index contributed by atoms with van der Waals surface area (Å²) in [6.07, 6.45) is 1.66. The SMILES string of the molecule is N#CCC#Cc1c(N)ccnc1Cl. The number of aromatic nitrogens is 1. The Labute approximate surface area is 81.1 Å². The van der Waals surface area contributed by atoms with Gasteiger partial charge in [0.2, 0.25) is 0 Å². The molecule has 0 saturated heterocycles. The van der Waals surface area contributed by atoms with Crippen molar-refractivity contribution in [1.82, 2.24) is 4.98 Å². The van der Waals surface area contributed by atoms with Crippen molar-refractivity contribution in [3.63, 3.8) is 0 Å². The van der Waals surface area contributed by atoms with E-state index >= 15 is 0 Å². The normalized spacial score (nSPS) is 8.31. The summed E-state index contributed by atoms with van der Waals surface area (Å²) in [5.74, 6) is 5.31. The number of anilines is 1. The number of hydrogen-bond acceptors (Lipinski definition) is 3. The van der Waals surface area contributed by atoms with E-state index in [4.69, 9.17) is 22.6 Å². The molecular weight excluding hydrogens is 186 g/mol. The van der Waals surface area contributed by atoms with Crippen molar-refractivity contribution in [2.24, 2.45) is 0 Å². The molecule has 0 aliphatic heterocycles. The second-order valence-electron chi connectivity index (χ2n) is 2.20. The summed E-state index contributed by atoms with van der Waals surface area (Å²) in [4.78, 5) is 3.82. The number of nitrogens with two attached hydrogens (primary N) is 1. The van der Waals surface area contributed by atoms with E-state index in [1.54, 1.807) is 6.07 Å². The van der Waals surface area contributed by atoms with E-state index in [9.17, 15) is 0 Å². The molecule has 0 bridgehead atoms. The first-order valence-electron chi connectivity index (χ1n) is 3.51. The van der Waals surface area contributed by atoms with Gasteiger partial charge in [-0.25, -0.2) is 4.98 Å². The molecule has 1 aromatic heterocycles. The largest absolute Gasteiger partial charge is 0.398 e. The first kappa shape index (κ1) is 9.38. The summed E-state index contributed by atoms with van der Waals surface area (Å²) in [6.45, 7) is 0. The van der Waals surface area contributed by atoms with Gasteiger partial charge in [0, 0.05) is 6.20 Å². The quantitative estimate of drug-likeness (QED) is 0.500. The highest BCUT2D eigenvalue weighted by Gasteiger charge is 2.00. The number of hydrogen-bond donors (Lipinski definition) is 1. The minimum absolute atomic E-state index is 0.157. The maximum absolute atomic E-state index is 8.25. The van der Waals surface area contributed by atoms with Crippen LogP contribution in [0.4, 0.5) is 5.69 Å². The van der Waals surface area contributed by atoms with Crippen molar-refractivity contribution >= 4 is 17.3 Å². The molecule has 0 aromatic carbocycles. The molecule has 1 aromatic rings. The average Bonchev–Trinajstić information content (AvgIpc) is 2.10. The Kier molecular flexibility index (Phi) is 3.14. The molecule has 0 amide bonds. The Balaban J connectivity index is 3.03. The lowest BCUT2D eigenvalue weighted by Crippen LogP contribution is -1.92. The number of nitrogen functional groups attached to an aromatic ring is 1. The molecule has 0 aliphatic rings. The van der Waals surface area contributed by atoms with Gasteiger partial charge >= 0.3 is 0 Å². The Morgan fingerprint density at radius 2 is 2.38 bits per heavy atom. The van der Waals surface area contributed by atoms with Gasteiger partial charge in [-0.2, -0.15) is 5.26 Å². The fraction of sp³-hybridized carbons (Fsp3) is 0.111. The van der Waals surface area contributed by atoms with E-state index in [0.717, 1.165) is 0 Å². The molecule has 13 heavy (non-hydrogen) atoms. The summed E-state index contributed by atoms with van der Waals surface area (Å²) in [5, 5.41) is 8.52. The molecule has 0 fully saturated rings. The number of nitriles is 1. The maximum atomic E-state index is 8.25. The molecule has 4 heteroatoms. The summed E-state index contributed by atoms with van der Waals surface area (Å²) >= 11 is 5.73. The predicted molar refractivity (Wildman–Crippen MR) is 50.8 cm³/mol. The zero-order chi connectivity index (χ0) is 9.68. The number of halogens is 1. The van der Waals surface area contributed by atoms with Gasteiger partial charge in [0.15, 0.2) is 0 Å². The van der Waals surface area contributed by atoms with Crippen molar-refractivity contribution in [3.05, 3.63) is 23.0 Å². The third kappa shape index (κ3) is 2.37. The molecule has 2 N–H and O–H groups in total. The fourth-order valence-electron chi connectivity index (χ4n) is 0.746. The third-order valence-electron chi connectivity index (χ3n) is 1.32. The van der Waals surface area contributed by atoms with Crippen molar-refractivity contribution in [2.45, 2.75) is 6.42 Å². The van der Waals surface area contributed by atoms with Gasteiger partial charge in [-0.15, -0.1) is 0 Å². The maximum Gasteiger partial charge on any atom is 0.146 e. The van der Waals surface area contributed by atoms with E-state index in [0.29, 0.717) is 11.3 Å². The van der Waals surface area contributed by atoms with Gasteiger partial charge in [-0.3, -0.25) is 0 Å². The van der Waals surface area contributed by atoms with Gasteiger partial charge in [-0.05, 0) is 6.07 Å². The highest BCUT2D eigenvalue weighted by molar-refractivity contribution is 6.30. The van der Waals surface area contributed by atoms with Crippen LogP contribution in [0.2, 0.25) is 5.15 Å². The molecule has 0 radical (unpaired) electrons. The highest BCUT2D eigenvalue weighted by atomic mass is 35.5. The van der Waals surface area contributed by atoms with Crippen LogP contribution >= 0.6 is 11.6 Å². The van der Waals surface area contributed by atoms with Crippen molar-refractivity contribution in [1.29, 1.82) is 5.26 Å². The molecular formula is C9H6ClN3. The monoisotopic (exact) mass is 191 g/mol. The van der Waals surface area contributed by atoms with Crippen molar-refractivity contribution in [3.8, 4) is 17.9 Å². The number of rotatable bonds is 0. The molecule has 0 unspecified atom stereocenters. The lowest BCUT2D eigenvalue weighted by atomic mass is 10.2. The van der Waals surface area contributed by atoms with Crippen LogP contribution in [0.3, 0.4) is 0 Å². The first-order chi connectivity index (χ1) is 6.25. The molecule has 1 heterocycles. The van der Waals surface area contributed by atoms with Gasteiger partial charge in [0.25, 0.3) is 0 Å². The van der Waals surface area contributed by atoms with E-state index in [1.807, 2.05) is 6.07 Å². The van der Waals surface area contributed by atoms with Crippen LogP contribution in [0.5, 0.6) is 0 Å². The molecule has 64 valence electrons. The second-order valence-corrected chi connectivity index (χ2v) is 2.56. The molecule has 0 spiro atoms. The van der Waals surface area contributed by atoms with Gasteiger partial charge in [-0.1, -0.05) is 23.4 Å². The zero-order valence-corrected chi connectivity index (χ0v) is 7.47. The Bertz CT molecular complexity index is 389. The highest BCUT2D eigenvalue weighted by Crippen LogP contribution is 2.17. The average molecular weight is 192 g/mol. The lowest BCUT2D eigenvalue weighted by molar-refractivity contribution is 1.31. The third-order valence-corrected chi connectivity index (χ3v) is 1.60. The summed E-state index contributed by atoms with van der Waals surface area (Å²) in [7, 11) is 0. The number of pyridine rings is 1. The minimum atomic E-state index is 0.157. The summed E-state index contributed by atoms with van der Waals surface area (Å²) in [5.41, 5.74) is 6.56. The summed E-state index contributed by atoms with van der Waals surface area (Å²) in [6, 6.07) is 3.51. The number of nitrogens with zero attached hydrogens (tertiary/aromatic N) is 2. The van der Waals surface area contributed by atoms with Crippen LogP contribution in [-0.4, -0.2) is 4.98 Å². The molecule has 0 aliphatic carbocycles. The van der Waals surface area contributed by atoms with E-state index in [2.05, 4.69) is 16.8 Å².